The highest BCUT2D eigenvalue weighted by atomic mass is 32.2. The van der Waals surface area contributed by atoms with Crippen molar-refractivity contribution in [2.75, 3.05) is 29.5 Å². The molecule has 18 heavy (non-hydrogen) atoms. The van der Waals surface area contributed by atoms with Crippen LogP contribution in [0.2, 0.25) is 0 Å². The molecule has 3 rings (SSSR count). The molecule has 0 amide bonds. The Labute approximate surface area is 114 Å². The van der Waals surface area contributed by atoms with Crippen molar-refractivity contribution in [3.8, 4) is 0 Å². The van der Waals surface area contributed by atoms with Gasteiger partial charge in [0.25, 0.3) is 0 Å². The molecule has 4 nitrogen and oxygen atoms in total. The van der Waals surface area contributed by atoms with Gasteiger partial charge in [0.05, 0.1) is 0 Å². The SMILES string of the molecule is Cc1sc(N2CCC3(CCSC3)C2)nc1C(=O)O. The second-order valence-corrected chi connectivity index (χ2v) is 7.47. The van der Waals surface area contributed by atoms with E-state index in [2.05, 4.69) is 9.88 Å². The van der Waals surface area contributed by atoms with E-state index in [1.54, 1.807) is 0 Å². The minimum Gasteiger partial charge on any atom is -0.476 e. The standard InChI is InChI=1S/C12H16N2O2S2/c1-8-9(10(15)16)13-11(18-8)14-4-2-12(6-14)3-5-17-7-12/h2-7H2,1H3,(H,15,16). The molecule has 2 fully saturated rings. The first-order valence-electron chi connectivity index (χ1n) is 6.13. The lowest BCUT2D eigenvalue weighted by Crippen LogP contribution is -2.26. The Morgan fingerprint density at radius 3 is 2.94 bits per heavy atom. The van der Waals surface area contributed by atoms with Crippen molar-refractivity contribution < 1.29 is 9.90 Å². The molecule has 1 spiro atoms. The maximum Gasteiger partial charge on any atom is 0.355 e. The van der Waals surface area contributed by atoms with Gasteiger partial charge in [-0.25, -0.2) is 9.78 Å². The van der Waals surface area contributed by atoms with E-state index >= 15 is 0 Å². The normalized spacial score (nSPS) is 27.3. The Balaban J connectivity index is 1.80. The van der Waals surface area contributed by atoms with Gasteiger partial charge in [0.15, 0.2) is 10.8 Å². The molecule has 1 aromatic heterocycles. The van der Waals surface area contributed by atoms with Crippen LogP contribution in [0.5, 0.6) is 0 Å². The summed E-state index contributed by atoms with van der Waals surface area (Å²) in [4.78, 5) is 18.4. The lowest BCUT2D eigenvalue weighted by molar-refractivity contribution is 0.0690. The molecule has 0 aromatic carbocycles. The van der Waals surface area contributed by atoms with Gasteiger partial charge in [0, 0.05) is 23.7 Å². The van der Waals surface area contributed by atoms with E-state index in [9.17, 15) is 4.79 Å². The topological polar surface area (TPSA) is 53.4 Å². The van der Waals surface area contributed by atoms with Crippen molar-refractivity contribution >= 4 is 34.2 Å². The first kappa shape index (κ1) is 12.3. The fourth-order valence-electron chi connectivity index (χ4n) is 2.79. The number of thiazole rings is 1. The van der Waals surface area contributed by atoms with Gasteiger partial charge in [-0.05, 0) is 30.9 Å². The molecule has 0 bridgehead atoms. The van der Waals surface area contributed by atoms with E-state index in [1.807, 2.05) is 18.7 Å². The van der Waals surface area contributed by atoms with Crippen LogP contribution in [0.4, 0.5) is 5.13 Å². The predicted octanol–water partition coefficient (Wildman–Crippen LogP) is 2.48. The molecule has 2 saturated heterocycles. The molecule has 0 saturated carbocycles. The first-order chi connectivity index (χ1) is 8.60. The van der Waals surface area contributed by atoms with Crippen molar-refractivity contribution in [2.45, 2.75) is 19.8 Å². The summed E-state index contributed by atoms with van der Waals surface area (Å²) in [6, 6.07) is 0. The third kappa shape index (κ3) is 2.01. The van der Waals surface area contributed by atoms with Gasteiger partial charge in [0.2, 0.25) is 0 Å². The molecule has 3 heterocycles. The maximum atomic E-state index is 11.0. The predicted molar refractivity (Wildman–Crippen MR) is 75.0 cm³/mol. The summed E-state index contributed by atoms with van der Waals surface area (Å²) in [5, 5.41) is 9.94. The van der Waals surface area contributed by atoms with Crippen LogP contribution in [0.1, 0.15) is 28.2 Å². The van der Waals surface area contributed by atoms with Crippen LogP contribution in [-0.4, -0.2) is 40.7 Å². The van der Waals surface area contributed by atoms with Gasteiger partial charge in [-0.2, -0.15) is 11.8 Å². The molecule has 6 heteroatoms. The van der Waals surface area contributed by atoms with Gasteiger partial charge >= 0.3 is 5.97 Å². The summed E-state index contributed by atoms with van der Waals surface area (Å²) in [6.07, 6.45) is 2.52. The van der Waals surface area contributed by atoms with E-state index in [1.165, 1.54) is 35.7 Å². The molecule has 1 unspecified atom stereocenters. The number of thioether (sulfide) groups is 1. The number of aromatic nitrogens is 1. The molecule has 0 aliphatic carbocycles. The largest absolute Gasteiger partial charge is 0.476 e. The summed E-state index contributed by atoms with van der Waals surface area (Å²) < 4.78 is 0. The van der Waals surface area contributed by atoms with Crippen LogP contribution in [0, 0.1) is 12.3 Å². The van der Waals surface area contributed by atoms with Gasteiger partial charge in [0.1, 0.15) is 0 Å². The molecule has 1 N–H and O–H groups in total. The lowest BCUT2D eigenvalue weighted by atomic mass is 9.87. The number of hydrogen-bond donors (Lipinski definition) is 1. The van der Waals surface area contributed by atoms with Crippen LogP contribution < -0.4 is 4.90 Å². The summed E-state index contributed by atoms with van der Waals surface area (Å²) in [7, 11) is 0. The third-order valence-electron chi connectivity index (χ3n) is 3.88. The van der Waals surface area contributed by atoms with E-state index in [-0.39, 0.29) is 5.69 Å². The zero-order chi connectivity index (χ0) is 12.8. The zero-order valence-electron chi connectivity index (χ0n) is 10.3. The third-order valence-corrected chi connectivity index (χ3v) is 6.22. The van der Waals surface area contributed by atoms with Crippen molar-refractivity contribution in [1.82, 2.24) is 4.98 Å². The van der Waals surface area contributed by atoms with Crippen LogP contribution in [0.3, 0.4) is 0 Å². The number of carbonyl (C=O) groups is 1. The van der Waals surface area contributed by atoms with Gasteiger partial charge in [-0.1, -0.05) is 0 Å². The van der Waals surface area contributed by atoms with Crippen molar-refractivity contribution in [2.24, 2.45) is 5.41 Å². The Bertz CT molecular complexity index is 480. The van der Waals surface area contributed by atoms with E-state index < -0.39 is 5.97 Å². The number of carboxylic acids is 1. The number of aryl methyl sites for hydroxylation is 1. The Hall–Kier alpha value is -0.750. The second kappa shape index (κ2) is 4.42. The summed E-state index contributed by atoms with van der Waals surface area (Å²) in [5.41, 5.74) is 0.685. The Morgan fingerprint density at radius 2 is 2.33 bits per heavy atom. The molecule has 1 atom stereocenters. The molecule has 0 radical (unpaired) electrons. The van der Waals surface area contributed by atoms with E-state index in [0.29, 0.717) is 5.41 Å². The zero-order valence-corrected chi connectivity index (χ0v) is 11.9. The van der Waals surface area contributed by atoms with E-state index in [0.717, 1.165) is 23.1 Å². The van der Waals surface area contributed by atoms with Crippen molar-refractivity contribution in [1.29, 1.82) is 0 Å². The fourth-order valence-corrected chi connectivity index (χ4v) is 5.25. The smallest absolute Gasteiger partial charge is 0.355 e. The van der Waals surface area contributed by atoms with E-state index in [4.69, 9.17) is 5.11 Å². The number of aromatic carboxylic acids is 1. The van der Waals surface area contributed by atoms with Crippen molar-refractivity contribution in [3.05, 3.63) is 10.6 Å². The molecule has 1 aromatic rings. The highest BCUT2D eigenvalue weighted by Crippen LogP contribution is 2.45. The van der Waals surface area contributed by atoms with Crippen LogP contribution >= 0.6 is 23.1 Å². The quantitative estimate of drug-likeness (QED) is 0.904. The average molecular weight is 284 g/mol. The van der Waals surface area contributed by atoms with Gasteiger partial charge < -0.3 is 10.0 Å². The van der Waals surface area contributed by atoms with Crippen LogP contribution in [0.15, 0.2) is 0 Å². The highest BCUT2D eigenvalue weighted by molar-refractivity contribution is 7.99. The number of rotatable bonds is 2. The highest BCUT2D eigenvalue weighted by Gasteiger charge is 2.41. The molecule has 2 aliphatic heterocycles. The summed E-state index contributed by atoms with van der Waals surface area (Å²) >= 11 is 3.55. The molecular formula is C12H16N2O2S2. The average Bonchev–Trinajstić information content (AvgIpc) is 3.01. The molecular weight excluding hydrogens is 268 g/mol. The first-order valence-corrected chi connectivity index (χ1v) is 8.10. The molecule has 2 aliphatic rings. The van der Waals surface area contributed by atoms with Crippen molar-refractivity contribution in [3.63, 3.8) is 0 Å². The summed E-state index contributed by atoms with van der Waals surface area (Å²) in [6.45, 7) is 3.90. The number of carboxylic acid groups (broad SMARTS) is 1. The van der Waals surface area contributed by atoms with Gasteiger partial charge in [-0.3, -0.25) is 0 Å². The summed E-state index contributed by atoms with van der Waals surface area (Å²) in [5.74, 6) is 1.60. The number of hydrogen-bond acceptors (Lipinski definition) is 5. The monoisotopic (exact) mass is 284 g/mol. The molecule has 98 valence electrons. The van der Waals surface area contributed by atoms with Crippen LogP contribution in [0.25, 0.3) is 0 Å². The Morgan fingerprint density at radius 1 is 1.50 bits per heavy atom. The number of anilines is 1. The maximum absolute atomic E-state index is 11.0. The second-order valence-electron chi connectivity index (χ2n) is 5.18. The minimum absolute atomic E-state index is 0.219. The fraction of sp³-hybridized carbons (Fsp3) is 0.667. The minimum atomic E-state index is -0.916. The van der Waals surface area contributed by atoms with Gasteiger partial charge in [-0.15, -0.1) is 11.3 Å². The lowest BCUT2D eigenvalue weighted by Gasteiger charge is -2.22. The van der Waals surface area contributed by atoms with Crippen LogP contribution in [-0.2, 0) is 0 Å². The Kier molecular flexibility index (Phi) is 3.02. The number of nitrogens with zero attached hydrogens (tertiary/aromatic N) is 2.